The topological polar surface area (TPSA) is 30.5 Å². The molecule has 0 radical (unpaired) electrons. The van der Waals surface area contributed by atoms with E-state index in [0.29, 0.717) is 27.3 Å². The molecular formula is C15H14Cl3NO2. The standard InChI is InChI=1S/C15H14Cl3NO2/c1-20-11-3-4-14(21-2)9(5-11)8-19-15-12(17)6-10(16)7-13(15)18/h3-7,19H,8H2,1-2H3. The van der Waals surface area contributed by atoms with Crippen LogP contribution in [0.4, 0.5) is 5.69 Å². The molecule has 0 aliphatic rings. The van der Waals surface area contributed by atoms with Gasteiger partial charge in [-0.25, -0.2) is 0 Å². The molecule has 0 heterocycles. The van der Waals surface area contributed by atoms with E-state index in [2.05, 4.69) is 5.32 Å². The highest BCUT2D eigenvalue weighted by molar-refractivity contribution is 6.41. The number of methoxy groups -OCH3 is 2. The SMILES string of the molecule is COc1ccc(OC)c(CNc2c(Cl)cc(Cl)cc2Cl)c1. The van der Waals surface area contributed by atoms with Crippen LogP contribution in [0.15, 0.2) is 30.3 Å². The molecule has 2 aromatic carbocycles. The fraction of sp³-hybridized carbons (Fsp3) is 0.200. The first kappa shape index (κ1) is 16.1. The second kappa shape index (κ2) is 7.12. The molecule has 112 valence electrons. The molecule has 0 aliphatic heterocycles. The lowest BCUT2D eigenvalue weighted by Gasteiger charge is -2.14. The minimum atomic E-state index is 0.467. The van der Waals surface area contributed by atoms with Gasteiger partial charge in [-0.1, -0.05) is 34.8 Å². The van der Waals surface area contributed by atoms with Crippen molar-refractivity contribution >= 4 is 40.5 Å². The number of ether oxygens (including phenoxy) is 2. The van der Waals surface area contributed by atoms with Gasteiger partial charge in [0.25, 0.3) is 0 Å². The maximum atomic E-state index is 6.15. The molecule has 0 fully saturated rings. The van der Waals surface area contributed by atoms with E-state index in [1.807, 2.05) is 18.2 Å². The Kier molecular flexibility index (Phi) is 5.45. The highest BCUT2D eigenvalue weighted by Crippen LogP contribution is 2.34. The molecule has 0 spiro atoms. The first-order valence-corrected chi connectivity index (χ1v) is 7.28. The largest absolute Gasteiger partial charge is 0.497 e. The Bertz CT molecular complexity index is 624. The molecule has 0 atom stereocenters. The average Bonchev–Trinajstić information content (AvgIpc) is 2.45. The summed E-state index contributed by atoms with van der Waals surface area (Å²) < 4.78 is 10.5. The van der Waals surface area contributed by atoms with Crippen molar-refractivity contribution in [2.24, 2.45) is 0 Å². The van der Waals surface area contributed by atoms with Gasteiger partial charge in [0.05, 0.1) is 30.0 Å². The third-order valence-electron chi connectivity index (χ3n) is 2.95. The molecular weight excluding hydrogens is 333 g/mol. The Hall–Kier alpha value is -1.29. The molecule has 0 aromatic heterocycles. The summed E-state index contributed by atoms with van der Waals surface area (Å²) in [6.07, 6.45) is 0. The number of hydrogen-bond acceptors (Lipinski definition) is 3. The van der Waals surface area contributed by atoms with E-state index in [4.69, 9.17) is 44.3 Å². The van der Waals surface area contributed by atoms with Crippen molar-refractivity contribution in [3.05, 3.63) is 51.0 Å². The number of rotatable bonds is 5. The van der Waals surface area contributed by atoms with Crippen molar-refractivity contribution in [3.63, 3.8) is 0 Å². The molecule has 2 aromatic rings. The number of benzene rings is 2. The van der Waals surface area contributed by atoms with Crippen molar-refractivity contribution < 1.29 is 9.47 Å². The lowest BCUT2D eigenvalue weighted by molar-refractivity contribution is 0.399. The molecule has 1 N–H and O–H groups in total. The van der Waals surface area contributed by atoms with Crippen molar-refractivity contribution in [2.75, 3.05) is 19.5 Å². The van der Waals surface area contributed by atoms with Crippen LogP contribution in [0.25, 0.3) is 0 Å². The smallest absolute Gasteiger partial charge is 0.124 e. The molecule has 0 unspecified atom stereocenters. The summed E-state index contributed by atoms with van der Waals surface area (Å²) in [5, 5.41) is 4.62. The summed E-state index contributed by atoms with van der Waals surface area (Å²) in [6, 6.07) is 8.86. The molecule has 0 aliphatic carbocycles. The van der Waals surface area contributed by atoms with Gasteiger partial charge in [-0.3, -0.25) is 0 Å². The zero-order valence-corrected chi connectivity index (χ0v) is 13.8. The molecule has 6 heteroatoms. The van der Waals surface area contributed by atoms with Gasteiger partial charge in [-0.15, -0.1) is 0 Å². The van der Waals surface area contributed by atoms with Crippen LogP contribution >= 0.6 is 34.8 Å². The maximum absolute atomic E-state index is 6.15. The number of nitrogens with one attached hydrogen (secondary N) is 1. The van der Waals surface area contributed by atoms with Gasteiger partial charge < -0.3 is 14.8 Å². The van der Waals surface area contributed by atoms with Gasteiger partial charge >= 0.3 is 0 Å². The predicted molar refractivity (Wildman–Crippen MR) is 88.3 cm³/mol. The Balaban J connectivity index is 2.24. The van der Waals surface area contributed by atoms with E-state index in [1.165, 1.54) is 0 Å². The van der Waals surface area contributed by atoms with Gasteiger partial charge in [0, 0.05) is 17.1 Å². The van der Waals surface area contributed by atoms with Gasteiger partial charge in [-0.2, -0.15) is 0 Å². The summed E-state index contributed by atoms with van der Waals surface area (Å²) in [5.41, 5.74) is 1.56. The molecule has 0 bridgehead atoms. The minimum absolute atomic E-state index is 0.467. The minimum Gasteiger partial charge on any atom is -0.497 e. The van der Waals surface area contributed by atoms with E-state index >= 15 is 0 Å². The second-order valence-corrected chi connectivity index (χ2v) is 5.53. The lowest BCUT2D eigenvalue weighted by atomic mass is 10.2. The van der Waals surface area contributed by atoms with Crippen molar-refractivity contribution in [1.29, 1.82) is 0 Å². The molecule has 21 heavy (non-hydrogen) atoms. The van der Waals surface area contributed by atoms with Gasteiger partial charge in [0.2, 0.25) is 0 Å². The zero-order valence-electron chi connectivity index (χ0n) is 11.5. The highest BCUT2D eigenvalue weighted by Gasteiger charge is 2.10. The third-order valence-corrected chi connectivity index (χ3v) is 3.76. The van der Waals surface area contributed by atoms with Gasteiger partial charge in [0.1, 0.15) is 11.5 Å². The number of hydrogen-bond donors (Lipinski definition) is 1. The van der Waals surface area contributed by atoms with E-state index in [1.54, 1.807) is 26.4 Å². The molecule has 3 nitrogen and oxygen atoms in total. The van der Waals surface area contributed by atoms with Gasteiger partial charge in [0.15, 0.2) is 0 Å². The summed E-state index contributed by atoms with van der Waals surface area (Å²) in [5.74, 6) is 1.51. The lowest BCUT2D eigenvalue weighted by Crippen LogP contribution is -2.03. The second-order valence-electron chi connectivity index (χ2n) is 4.28. The van der Waals surface area contributed by atoms with Crippen molar-refractivity contribution in [1.82, 2.24) is 0 Å². The van der Waals surface area contributed by atoms with Crippen LogP contribution in [0.3, 0.4) is 0 Å². The van der Waals surface area contributed by atoms with Gasteiger partial charge in [-0.05, 0) is 30.3 Å². The first-order valence-electron chi connectivity index (χ1n) is 6.14. The number of anilines is 1. The van der Waals surface area contributed by atoms with Crippen LogP contribution in [0.2, 0.25) is 15.1 Å². The Labute approximate surface area is 138 Å². The van der Waals surface area contributed by atoms with Crippen LogP contribution in [-0.2, 0) is 6.54 Å². The number of halogens is 3. The monoisotopic (exact) mass is 345 g/mol. The average molecular weight is 347 g/mol. The predicted octanol–water partition coefficient (Wildman–Crippen LogP) is 5.28. The molecule has 2 rings (SSSR count). The summed E-state index contributed by atoms with van der Waals surface area (Å²) in [6.45, 7) is 0.488. The van der Waals surface area contributed by atoms with E-state index in [0.717, 1.165) is 17.1 Å². The molecule has 0 saturated carbocycles. The molecule has 0 saturated heterocycles. The van der Waals surface area contributed by atoms with E-state index in [-0.39, 0.29) is 0 Å². The van der Waals surface area contributed by atoms with Crippen LogP contribution < -0.4 is 14.8 Å². The summed E-state index contributed by atoms with van der Waals surface area (Å²) in [4.78, 5) is 0. The van der Waals surface area contributed by atoms with Crippen molar-refractivity contribution in [2.45, 2.75) is 6.54 Å². The fourth-order valence-corrected chi connectivity index (χ4v) is 2.87. The van der Waals surface area contributed by atoms with Crippen LogP contribution in [0, 0.1) is 0 Å². The van der Waals surface area contributed by atoms with Crippen molar-refractivity contribution in [3.8, 4) is 11.5 Å². The fourth-order valence-electron chi connectivity index (χ4n) is 1.91. The van der Waals surface area contributed by atoms with Crippen LogP contribution in [0.5, 0.6) is 11.5 Å². The Morgan fingerprint density at radius 3 is 2.19 bits per heavy atom. The molecule has 0 amide bonds. The first-order chi connectivity index (χ1) is 10.0. The zero-order chi connectivity index (χ0) is 15.4. The highest BCUT2D eigenvalue weighted by atomic mass is 35.5. The third kappa shape index (κ3) is 3.88. The quantitative estimate of drug-likeness (QED) is 0.799. The summed E-state index contributed by atoms with van der Waals surface area (Å²) in [7, 11) is 3.24. The normalized spacial score (nSPS) is 10.3. The Morgan fingerprint density at radius 1 is 0.952 bits per heavy atom. The maximum Gasteiger partial charge on any atom is 0.124 e. The van der Waals surface area contributed by atoms with E-state index in [9.17, 15) is 0 Å². The Morgan fingerprint density at radius 2 is 1.62 bits per heavy atom. The van der Waals surface area contributed by atoms with E-state index < -0.39 is 0 Å². The van der Waals surface area contributed by atoms with Crippen LogP contribution in [-0.4, -0.2) is 14.2 Å². The summed E-state index contributed by atoms with van der Waals surface area (Å²) >= 11 is 18.2. The van der Waals surface area contributed by atoms with Crippen LogP contribution in [0.1, 0.15) is 5.56 Å².